The molecule has 0 atom stereocenters. The fourth-order valence-electron chi connectivity index (χ4n) is 3.92. The number of rotatable bonds is 10. The van der Waals surface area contributed by atoms with Gasteiger partial charge in [0, 0.05) is 23.4 Å². The number of amides is 1. The van der Waals surface area contributed by atoms with Crippen LogP contribution in [0.5, 0.6) is 5.75 Å². The summed E-state index contributed by atoms with van der Waals surface area (Å²) in [5.74, 6) is 1.62. The number of aromatic nitrogens is 3. The van der Waals surface area contributed by atoms with Gasteiger partial charge in [0.05, 0.1) is 24.3 Å². The van der Waals surface area contributed by atoms with Gasteiger partial charge < -0.3 is 10.1 Å². The zero-order valence-corrected chi connectivity index (χ0v) is 21.6. The Morgan fingerprint density at radius 2 is 1.81 bits per heavy atom. The Morgan fingerprint density at radius 1 is 1.08 bits per heavy atom. The molecule has 1 heterocycles. The Bertz CT molecular complexity index is 1400. The standard InChI is InChI=1S/C27H27N5O4S/c1-4-20-7-5-6-18(2)25(20)31-24(16-28-26(33)21-10-14-23(36-3)15-11-21)29-30-27(31)37-17-19-8-12-22(13-9-19)32(34)35/h5-15H,4,16-17H2,1-3H3,(H,28,33). The third-order valence-electron chi connectivity index (χ3n) is 5.90. The molecule has 4 rings (SSSR count). The van der Waals surface area contributed by atoms with E-state index in [2.05, 4.69) is 28.5 Å². The third-order valence-corrected chi connectivity index (χ3v) is 6.90. The lowest BCUT2D eigenvalue weighted by atomic mass is 10.1. The van der Waals surface area contributed by atoms with Crippen LogP contribution in [0.15, 0.2) is 71.9 Å². The second kappa shape index (κ2) is 11.7. The summed E-state index contributed by atoms with van der Waals surface area (Å²) in [5.41, 5.74) is 4.71. The Hall–Kier alpha value is -4.18. The number of nitro benzene ring substituents is 1. The number of non-ortho nitro benzene ring substituents is 1. The van der Waals surface area contributed by atoms with Gasteiger partial charge in [-0.3, -0.25) is 19.5 Å². The molecule has 37 heavy (non-hydrogen) atoms. The number of nitrogens with one attached hydrogen (secondary N) is 1. The van der Waals surface area contributed by atoms with Gasteiger partial charge in [0.2, 0.25) is 0 Å². The van der Waals surface area contributed by atoms with Gasteiger partial charge in [-0.1, -0.05) is 49.0 Å². The first kappa shape index (κ1) is 25.9. The maximum absolute atomic E-state index is 12.8. The molecule has 3 aromatic carbocycles. The van der Waals surface area contributed by atoms with Crippen molar-refractivity contribution in [2.45, 2.75) is 37.7 Å². The first-order valence-corrected chi connectivity index (χ1v) is 12.7. The number of aryl methyl sites for hydroxylation is 2. The van der Waals surface area contributed by atoms with E-state index in [4.69, 9.17) is 4.74 Å². The first-order chi connectivity index (χ1) is 17.9. The van der Waals surface area contributed by atoms with Crippen molar-refractivity contribution in [3.63, 3.8) is 0 Å². The summed E-state index contributed by atoms with van der Waals surface area (Å²) < 4.78 is 7.16. The Morgan fingerprint density at radius 3 is 2.46 bits per heavy atom. The van der Waals surface area contributed by atoms with Crippen LogP contribution in [-0.2, 0) is 18.7 Å². The Balaban J connectivity index is 1.61. The average molecular weight is 518 g/mol. The van der Waals surface area contributed by atoms with E-state index in [0.717, 1.165) is 28.8 Å². The van der Waals surface area contributed by atoms with Gasteiger partial charge in [0.15, 0.2) is 11.0 Å². The fraction of sp³-hybridized carbons (Fsp3) is 0.222. The summed E-state index contributed by atoms with van der Waals surface area (Å²) in [6.07, 6.45) is 0.819. The minimum atomic E-state index is -0.412. The third kappa shape index (κ3) is 5.97. The molecule has 9 nitrogen and oxygen atoms in total. The predicted molar refractivity (Wildman–Crippen MR) is 142 cm³/mol. The highest BCUT2D eigenvalue weighted by Gasteiger charge is 2.19. The summed E-state index contributed by atoms with van der Waals surface area (Å²) in [6, 6.07) is 19.5. The van der Waals surface area contributed by atoms with Crippen LogP contribution in [0.2, 0.25) is 0 Å². The van der Waals surface area contributed by atoms with E-state index in [1.165, 1.54) is 23.9 Å². The molecule has 1 amide bonds. The number of nitrogens with zero attached hydrogens (tertiary/aromatic N) is 4. The molecule has 4 aromatic rings. The number of para-hydroxylation sites is 1. The van der Waals surface area contributed by atoms with E-state index in [9.17, 15) is 14.9 Å². The van der Waals surface area contributed by atoms with Gasteiger partial charge in [-0.25, -0.2) is 0 Å². The lowest BCUT2D eigenvalue weighted by Crippen LogP contribution is -2.25. The number of hydrogen-bond donors (Lipinski definition) is 1. The molecule has 10 heteroatoms. The number of ether oxygens (including phenoxy) is 1. The smallest absolute Gasteiger partial charge is 0.269 e. The Kier molecular flexibility index (Phi) is 8.19. The van der Waals surface area contributed by atoms with Gasteiger partial charge >= 0.3 is 0 Å². The summed E-state index contributed by atoms with van der Waals surface area (Å²) in [4.78, 5) is 23.3. The van der Waals surface area contributed by atoms with Crippen LogP contribution in [0.1, 0.15) is 39.8 Å². The molecule has 0 aliphatic carbocycles. The van der Waals surface area contributed by atoms with Gasteiger partial charge in [-0.2, -0.15) is 0 Å². The molecule has 0 spiro atoms. The molecule has 0 bridgehead atoms. The molecular weight excluding hydrogens is 490 g/mol. The van der Waals surface area contributed by atoms with Crippen molar-refractivity contribution >= 4 is 23.4 Å². The molecule has 1 N–H and O–H groups in total. The summed E-state index contributed by atoms with van der Waals surface area (Å²) in [6.45, 7) is 4.32. The van der Waals surface area contributed by atoms with Crippen LogP contribution in [0, 0.1) is 17.0 Å². The molecule has 0 saturated heterocycles. The summed E-state index contributed by atoms with van der Waals surface area (Å²) >= 11 is 1.49. The van der Waals surface area contributed by atoms with Gasteiger partial charge in [0.1, 0.15) is 5.75 Å². The van der Waals surface area contributed by atoms with E-state index in [0.29, 0.717) is 28.0 Å². The first-order valence-electron chi connectivity index (χ1n) is 11.7. The number of carbonyl (C=O) groups excluding carboxylic acids is 1. The number of thioether (sulfide) groups is 1. The molecule has 0 unspecified atom stereocenters. The molecule has 0 aliphatic rings. The van der Waals surface area contributed by atoms with Crippen LogP contribution in [0.3, 0.4) is 0 Å². The minimum absolute atomic E-state index is 0.0549. The second-order valence-electron chi connectivity index (χ2n) is 8.29. The molecule has 0 fully saturated rings. The molecule has 190 valence electrons. The Labute approximate surface area is 219 Å². The van der Waals surface area contributed by atoms with Crippen molar-refractivity contribution in [3.8, 4) is 11.4 Å². The van der Waals surface area contributed by atoms with Crippen molar-refractivity contribution in [1.29, 1.82) is 0 Å². The molecule has 1 aromatic heterocycles. The summed E-state index contributed by atoms with van der Waals surface area (Å²) in [7, 11) is 1.58. The number of nitro groups is 1. The summed E-state index contributed by atoms with van der Waals surface area (Å²) in [5, 5.41) is 23.4. The molecule has 0 saturated carbocycles. The van der Waals surface area contributed by atoms with Gasteiger partial charge in [-0.05, 0) is 54.3 Å². The molecular formula is C27H27N5O4S. The fourth-order valence-corrected chi connectivity index (χ4v) is 4.84. The highest BCUT2D eigenvalue weighted by Crippen LogP contribution is 2.30. The highest BCUT2D eigenvalue weighted by molar-refractivity contribution is 7.98. The normalized spacial score (nSPS) is 10.8. The van der Waals surface area contributed by atoms with E-state index >= 15 is 0 Å². The van der Waals surface area contributed by atoms with Crippen LogP contribution >= 0.6 is 11.8 Å². The van der Waals surface area contributed by atoms with Crippen LogP contribution in [-0.4, -0.2) is 32.7 Å². The van der Waals surface area contributed by atoms with E-state index < -0.39 is 4.92 Å². The average Bonchev–Trinajstić information content (AvgIpc) is 3.32. The largest absolute Gasteiger partial charge is 0.497 e. The lowest BCUT2D eigenvalue weighted by Gasteiger charge is -2.17. The predicted octanol–water partition coefficient (Wildman–Crippen LogP) is 5.28. The van der Waals surface area contributed by atoms with Crippen LogP contribution in [0.4, 0.5) is 5.69 Å². The lowest BCUT2D eigenvalue weighted by molar-refractivity contribution is -0.384. The van der Waals surface area contributed by atoms with Crippen molar-refractivity contribution < 1.29 is 14.5 Å². The number of benzene rings is 3. The minimum Gasteiger partial charge on any atom is -0.497 e. The van der Waals surface area contributed by atoms with E-state index in [1.54, 1.807) is 43.5 Å². The van der Waals surface area contributed by atoms with Crippen molar-refractivity contribution in [3.05, 3.63) is 105 Å². The van der Waals surface area contributed by atoms with E-state index in [-0.39, 0.29) is 18.1 Å². The quantitative estimate of drug-likeness (QED) is 0.173. The highest BCUT2D eigenvalue weighted by atomic mass is 32.2. The SMILES string of the molecule is CCc1cccc(C)c1-n1c(CNC(=O)c2ccc(OC)cc2)nnc1SCc1ccc([N+](=O)[O-])cc1. The number of methoxy groups -OCH3 is 1. The number of carbonyl (C=O) groups is 1. The van der Waals surface area contributed by atoms with Crippen molar-refractivity contribution in [1.82, 2.24) is 20.1 Å². The maximum Gasteiger partial charge on any atom is 0.269 e. The maximum atomic E-state index is 12.8. The van der Waals surface area contributed by atoms with Crippen LogP contribution in [0.25, 0.3) is 5.69 Å². The van der Waals surface area contributed by atoms with E-state index in [1.807, 2.05) is 23.6 Å². The monoisotopic (exact) mass is 517 g/mol. The van der Waals surface area contributed by atoms with Gasteiger partial charge in [0.25, 0.3) is 11.6 Å². The molecule has 0 aliphatic heterocycles. The topological polar surface area (TPSA) is 112 Å². The van der Waals surface area contributed by atoms with Crippen LogP contribution < -0.4 is 10.1 Å². The number of hydrogen-bond acceptors (Lipinski definition) is 7. The zero-order chi connectivity index (χ0) is 26.4. The van der Waals surface area contributed by atoms with Crippen molar-refractivity contribution in [2.75, 3.05) is 7.11 Å². The zero-order valence-electron chi connectivity index (χ0n) is 20.8. The van der Waals surface area contributed by atoms with Crippen molar-refractivity contribution in [2.24, 2.45) is 0 Å². The second-order valence-corrected chi connectivity index (χ2v) is 9.24. The van der Waals surface area contributed by atoms with Gasteiger partial charge in [-0.15, -0.1) is 10.2 Å². The molecule has 0 radical (unpaired) electrons.